The van der Waals surface area contributed by atoms with Crippen molar-refractivity contribution in [1.82, 2.24) is 0 Å². The minimum Gasteiger partial charge on any atom is -0.465 e. The molecule has 0 radical (unpaired) electrons. The molecule has 0 unspecified atom stereocenters. The number of hydrogen-bond acceptors (Lipinski definition) is 10. The van der Waals surface area contributed by atoms with Crippen LogP contribution in [0.2, 0.25) is 0 Å². The van der Waals surface area contributed by atoms with E-state index in [1.54, 1.807) is 24.3 Å². The molecule has 1 saturated heterocycles. The van der Waals surface area contributed by atoms with Crippen molar-refractivity contribution in [2.45, 2.75) is 40.0 Å². The van der Waals surface area contributed by atoms with Crippen LogP contribution in [0.25, 0.3) is 0 Å². The zero-order valence-corrected chi connectivity index (χ0v) is 20.1. The summed E-state index contributed by atoms with van der Waals surface area (Å²) >= 11 is 0. The Hall–Kier alpha value is -4.21. The summed E-state index contributed by atoms with van der Waals surface area (Å²) in [6.45, 7) is 5.07. The minimum atomic E-state index is -0.606. The summed E-state index contributed by atoms with van der Waals surface area (Å²) in [6, 6.07) is 7.99. The zero-order chi connectivity index (χ0) is 26.1. The fourth-order valence-electron chi connectivity index (χ4n) is 4.78. The van der Waals surface area contributed by atoms with E-state index in [0.29, 0.717) is 17.5 Å². The molecule has 0 saturated carbocycles. The van der Waals surface area contributed by atoms with Crippen LogP contribution in [0.15, 0.2) is 30.3 Å². The fourth-order valence-corrected chi connectivity index (χ4v) is 4.78. The Balaban J connectivity index is 1.89. The van der Waals surface area contributed by atoms with Crippen molar-refractivity contribution >= 4 is 29.8 Å². The molecule has 2 aromatic carbocycles. The highest BCUT2D eigenvalue weighted by Gasteiger charge is 2.47. The van der Waals surface area contributed by atoms with E-state index in [-0.39, 0.29) is 41.5 Å². The van der Waals surface area contributed by atoms with Gasteiger partial charge in [-0.05, 0) is 47.4 Å². The third-order valence-electron chi connectivity index (χ3n) is 5.99. The number of cyclic esters (lactones) is 1. The Morgan fingerprint density at radius 1 is 0.750 bits per heavy atom. The topological polar surface area (TPSA) is 132 Å². The molecule has 0 amide bonds. The Kier molecular flexibility index (Phi) is 6.78. The van der Waals surface area contributed by atoms with E-state index in [0.717, 1.165) is 5.56 Å². The van der Waals surface area contributed by atoms with Gasteiger partial charge in [-0.15, -0.1) is 0 Å². The molecule has 10 heteroatoms. The summed E-state index contributed by atoms with van der Waals surface area (Å²) in [5.41, 5.74) is 2.10. The van der Waals surface area contributed by atoms with Gasteiger partial charge in [0.2, 0.25) is 0 Å². The Bertz CT molecular complexity index is 1280. The van der Waals surface area contributed by atoms with Gasteiger partial charge in [0.25, 0.3) is 0 Å². The van der Waals surface area contributed by atoms with Crippen molar-refractivity contribution in [2.75, 3.05) is 6.61 Å². The Morgan fingerprint density at radius 3 is 1.86 bits per heavy atom. The van der Waals surface area contributed by atoms with Crippen molar-refractivity contribution < 1.29 is 47.7 Å². The molecule has 0 bridgehead atoms. The third-order valence-corrected chi connectivity index (χ3v) is 5.99. The first kappa shape index (κ1) is 24.9. The Labute approximate surface area is 206 Å². The predicted molar refractivity (Wildman–Crippen MR) is 122 cm³/mol. The van der Waals surface area contributed by atoms with Gasteiger partial charge in [0, 0.05) is 39.5 Å². The van der Waals surface area contributed by atoms with Gasteiger partial charge < -0.3 is 23.7 Å². The highest BCUT2D eigenvalue weighted by atomic mass is 16.6. The second-order valence-electron chi connectivity index (χ2n) is 8.66. The summed E-state index contributed by atoms with van der Waals surface area (Å²) in [7, 11) is 0. The molecule has 2 aliphatic rings. The van der Waals surface area contributed by atoms with Gasteiger partial charge in [0.15, 0.2) is 23.0 Å². The van der Waals surface area contributed by atoms with E-state index in [4.69, 9.17) is 23.7 Å². The largest absolute Gasteiger partial charge is 0.465 e. The van der Waals surface area contributed by atoms with Crippen molar-refractivity contribution in [3.8, 4) is 23.0 Å². The minimum absolute atomic E-state index is 0.0425. The molecule has 188 valence electrons. The van der Waals surface area contributed by atoms with E-state index in [9.17, 15) is 24.0 Å². The van der Waals surface area contributed by atoms with Crippen molar-refractivity contribution in [2.24, 2.45) is 11.8 Å². The smallest absolute Gasteiger partial charge is 0.309 e. The van der Waals surface area contributed by atoms with Crippen LogP contribution in [0.1, 0.15) is 50.3 Å². The number of fused-ring (bicyclic) bond motifs is 2. The molecule has 0 spiro atoms. The average Bonchev–Trinajstić information content (AvgIpc) is 3.13. The molecule has 1 heterocycles. The molecule has 10 nitrogen and oxygen atoms in total. The monoisotopic (exact) mass is 496 g/mol. The van der Waals surface area contributed by atoms with Gasteiger partial charge in [0.05, 0.1) is 12.5 Å². The maximum absolute atomic E-state index is 12.6. The fraction of sp³-hybridized carbons (Fsp3) is 0.346. The van der Waals surface area contributed by atoms with Gasteiger partial charge in [-0.3, -0.25) is 24.0 Å². The second kappa shape index (κ2) is 9.80. The highest BCUT2D eigenvalue weighted by Crippen LogP contribution is 2.50. The van der Waals surface area contributed by atoms with Crippen molar-refractivity contribution in [3.63, 3.8) is 0 Å². The first-order chi connectivity index (χ1) is 17.0. The van der Waals surface area contributed by atoms with Crippen molar-refractivity contribution in [1.29, 1.82) is 0 Å². The number of ether oxygens (including phenoxy) is 5. The number of carbonyl (C=O) groups excluding carboxylic acids is 5. The number of esters is 5. The lowest BCUT2D eigenvalue weighted by molar-refractivity contribution is -0.141. The van der Waals surface area contributed by atoms with Gasteiger partial charge in [-0.1, -0.05) is 6.07 Å². The molecule has 0 N–H and O–H groups in total. The van der Waals surface area contributed by atoms with Gasteiger partial charge in [-0.25, -0.2) is 0 Å². The van der Waals surface area contributed by atoms with E-state index >= 15 is 0 Å². The Morgan fingerprint density at radius 2 is 1.28 bits per heavy atom. The highest BCUT2D eigenvalue weighted by molar-refractivity contribution is 5.78. The number of hydrogen-bond donors (Lipinski definition) is 0. The van der Waals surface area contributed by atoms with Crippen LogP contribution >= 0.6 is 0 Å². The number of benzene rings is 2. The lowest BCUT2D eigenvalue weighted by atomic mass is 9.67. The summed E-state index contributed by atoms with van der Waals surface area (Å²) < 4.78 is 26.4. The molecule has 1 aliphatic heterocycles. The molecule has 0 aromatic heterocycles. The van der Waals surface area contributed by atoms with E-state index in [1.807, 2.05) is 0 Å². The summed E-state index contributed by atoms with van der Waals surface area (Å²) in [6.07, 6.45) is 0.340. The van der Waals surface area contributed by atoms with Gasteiger partial charge in [-0.2, -0.15) is 0 Å². The van der Waals surface area contributed by atoms with Crippen LogP contribution < -0.4 is 18.9 Å². The van der Waals surface area contributed by atoms with Gasteiger partial charge >= 0.3 is 29.8 Å². The van der Waals surface area contributed by atoms with Crippen LogP contribution in [0, 0.1) is 11.8 Å². The van der Waals surface area contributed by atoms with E-state index in [2.05, 4.69) is 0 Å². The summed E-state index contributed by atoms with van der Waals surface area (Å²) in [5.74, 6) is -3.67. The van der Waals surface area contributed by atoms with Crippen LogP contribution in [-0.2, 0) is 35.1 Å². The maximum Gasteiger partial charge on any atom is 0.309 e. The number of rotatable bonds is 5. The molecule has 3 atom stereocenters. The molecule has 4 rings (SSSR count). The third kappa shape index (κ3) is 5.07. The lowest BCUT2D eigenvalue weighted by Crippen LogP contribution is -2.31. The molecule has 1 aliphatic carbocycles. The van der Waals surface area contributed by atoms with Gasteiger partial charge in [0.1, 0.15) is 0 Å². The summed E-state index contributed by atoms with van der Waals surface area (Å²) in [4.78, 5) is 59.2. The average molecular weight is 496 g/mol. The van der Waals surface area contributed by atoms with E-state index < -0.39 is 35.7 Å². The molecule has 1 fully saturated rings. The van der Waals surface area contributed by atoms with Crippen LogP contribution in [-0.4, -0.2) is 36.5 Å². The second-order valence-corrected chi connectivity index (χ2v) is 8.66. The van der Waals surface area contributed by atoms with Crippen LogP contribution in [0.4, 0.5) is 0 Å². The molecular formula is C26H24O10. The lowest BCUT2D eigenvalue weighted by Gasteiger charge is -2.34. The zero-order valence-electron chi connectivity index (χ0n) is 20.1. The molecular weight excluding hydrogens is 472 g/mol. The standard InChI is InChI=1S/C26H24O10/c1-12(27)33-21-6-5-16(8-22(21)34-13(2)28)25-18-10-24(36-15(4)30)23(35-14(3)29)9-17(18)7-19-20(25)11-32-26(19)31/h5-6,8-10,19-20,25H,7,11H2,1-4H3/t19-,20+,25+/m1/s1. The molecule has 36 heavy (non-hydrogen) atoms. The molecule has 2 aromatic rings. The number of carbonyl (C=O) groups is 5. The quantitative estimate of drug-likeness (QED) is 0.450. The summed E-state index contributed by atoms with van der Waals surface area (Å²) in [5, 5.41) is 0. The SMILES string of the molecule is CC(=O)Oc1ccc([C@H]2c3cc(OC(C)=O)c(OC(C)=O)cc3C[C@H]3C(=O)OC[C@H]23)cc1OC(C)=O. The van der Waals surface area contributed by atoms with Crippen molar-refractivity contribution in [3.05, 3.63) is 47.0 Å². The van der Waals surface area contributed by atoms with E-state index in [1.165, 1.54) is 33.8 Å². The first-order valence-corrected chi connectivity index (χ1v) is 11.2. The predicted octanol–water partition coefficient (Wildman–Crippen LogP) is 2.87. The maximum atomic E-state index is 12.6. The van der Waals surface area contributed by atoms with Crippen LogP contribution in [0.5, 0.6) is 23.0 Å². The first-order valence-electron chi connectivity index (χ1n) is 11.2. The normalized spacial score (nSPS) is 19.9. The van der Waals surface area contributed by atoms with Crippen LogP contribution in [0.3, 0.4) is 0 Å².